The Balaban J connectivity index is 2.49. The molecule has 0 atom stereocenters. The average molecular weight is 197 g/mol. The first-order valence-corrected chi connectivity index (χ1v) is 5.20. The highest BCUT2D eigenvalue weighted by Gasteiger charge is 2.07. The van der Waals surface area contributed by atoms with E-state index < -0.39 is 0 Å². The van der Waals surface area contributed by atoms with Crippen LogP contribution in [0.2, 0.25) is 0 Å². The van der Waals surface area contributed by atoms with Crippen LogP contribution in [-0.2, 0) is 0 Å². The first-order valence-electron chi connectivity index (χ1n) is 4.32. The Hall–Kier alpha value is -0.670. The zero-order chi connectivity index (χ0) is 9.84. The van der Waals surface area contributed by atoms with Crippen molar-refractivity contribution in [3.05, 3.63) is 21.9 Å². The fraction of sp³-hybridized carbons (Fsp3) is 0.500. The molecule has 0 aliphatic carbocycles. The molecular formula is C10H15NOS. The van der Waals surface area contributed by atoms with E-state index in [1.807, 2.05) is 37.4 Å². The van der Waals surface area contributed by atoms with Crippen LogP contribution in [0, 0.1) is 6.92 Å². The lowest BCUT2D eigenvalue weighted by molar-refractivity contribution is 0.0973. The lowest BCUT2D eigenvalue weighted by Crippen LogP contribution is -2.16. The van der Waals surface area contributed by atoms with Gasteiger partial charge >= 0.3 is 0 Å². The van der Waals surface area contributed by atoms with Gasteiger partial charge in [0.2, 0.25) is 0 Å². The molecule has 0 spiro atoms. The zero-order valence-electron chi connectivity index (χ0n) is 8.33. The predicted octanol–water partition coefficient (Wildman–Crippen LogP) is 2.19. The molecule has 13 heavy (non-hydrogen) atoms. The number of ketones is 1. The van der Waals surface area contributed by atoms with Gasteiger partial charge in [-0.15, -0.1) is 11.3 Å². The highest BCUT2D eigenvalue weighted by Crippen LogP contribution is 2.14. The lowest BCUT2D eigenvalue weighted by Gasteiger charge is -2.07. The molecule has 0 aliphatic rings. The van der Waals surface area contributed by atoms with Gasteiger partial charge < -0.3 is 4.90 Å². The number of nitrogens with zero attached hydrogens (tertiary/aromatic N) is 1. The molecule has 0 fully saturated rings. The second-order valence-corrected chi connectivity index (χ2v) is 4.54. The molecule has 0 radical (unpaired) electrons. The molecule has 1 rings (SSSR count). The molecule has 0 saturated heterocycles. The normalized spacial score (nSPS) is 10.8. The average Bonchev–Trinajstić information content (AvgIpc) is 2.47. The van der Waals surface area contributed by atoms with Crippen LogP contribution in [0.5, 0.6) is 0 Å². The van der Waals surface area contributed by atoms with Crippen molar-refractivity contribution >= 4 is 17.1 Å². The van der Waals surface area contributed by atoms with Crippen LogP contribution in [0.25, 0.3) is 0 Å². The first kappa shape index (κ1) is 10.4. The molecule has 72 valence electrons. The minimum Gasteiger partial charge on any atom is -0.309 e. The number of aryl methyl sites for hydroxylation is 1. The highest BCUT2D eigenvalue weighted by atomic mass is 32.1. The van der Waals surface area contributed by atoms with Crippen LogP contribution < -0.4 is 0 Å². The van der Waals surface area contributed by atoms with E-state index in [9.17, 15) is 4.79 Å². The van der Waals surface area contributed by atoms with Crippen LogP contribution in [0.4, 0.5) is 0 Å². The van der Waals surface area contributed by atoms with Gasteiger partial charge in [0.05, 0.1) is 0 Å². The van der Waals surface area contributed by atoms with E-state index in [0.717, 1.165) is 12.1 Å². The maximum Gasteiger partial charge on any atom is 0.164 e. The molecule has 3 heteroatoms. The smallest absolute Gasteiger partial charge is 0.164 e. The van der Waals surface area contributed by atoms with Gasteiger partial charge in [-0.2, -0.15) is 0 Å². The lowest BCUT2D eigenvalue weighted by atomic mass is 10.1. The topological polar surface area (TPSA) is 20.3 Å². The quantitative estimate of drug-likeness (QED) is 0.690. The summed E-state index contributed by atoms with van der Waals surface area (Å²) in [6.07, 6.45) is 0.614. The van der Waals surface area contributed by atoms with Gasteiger partial charge in [-0.05, 0) is 27.1 Å². The van der Waals surface area contributed by atoms with Crippen molar-refractivity contribution in [3.63, 3.8) is 0 Å². The number of rotatable bonds is 4. The summed E-state index contributed by atoms with van der Waals surface area (Å²) in [5.41, 5.74) is 0.865. The van der Waals surface area contributed by atoms with Crippen LogP contribution in [0.15, 0.2) is 11.4 Å². The first-order chi connectivity index (χ1) is 6.09. The molecule has 0 bridgehead atoms. The summed E-state index contributed by atoms with van der Waals surface area (Å²) < 4.78 is 0. The molecule has 0 aliphatic heterocycles. The van der Waals surface area contributed by atoms with Crippen molar-refractivity contribution in [2.24, 2.45) is 0 Å². The van der Waals surface area contributed by atoms with Gasteiger partial charge in [0.25, 0.3) is 0 Å². The summed E-state index contributed by atoms with van der Waals surface area (Å²) in [6, 6.07) is 1.96. The Kier molecular flexibility index (Phi) is 3.63. The summed E-state index contributed by atoms with van der Waals surface area (Å²) in [4.78, 5) is 14.8. The Morgan fingerprint density at radius 2 is 2.23 bits per heavy atom. The third-order valence-corrected chi connectivity index (χ3v) is 2.70. The largest absolute Gasteiger partial charge is 0.309 e. The molecule has 0 saturated carbocycles. The maximum atomic E-state index is 11.5. The van der Waals surface area contributed by atoms with Crippen molar-refractivity contribution in [1.82, 2.24) is 4.90 Å². The molecule has 0 aromatic carbocycles. The Labute approximate surface area is 83.2 Å². The van der Waals surface area contributed by atoms with Crippen molar-refractivity contribution in [2.45, 2.75) is 13.3 Å². The van der Waals surface area contributed by atoms with Crippen molar-refractivity contribution < 1.29 is 4.79 Å². The van der Waals surface area contributed by atoms with E-state index in [1.165, 1.54) is 4.88 Å². The summed E-state index contributed by atoms with van der Waals surface area (Å²) in [7, 11) is 3.96. The third-order valence-electron chi connectivity index (χ3n) is 1.84. The number of Topliss-reactive ketones (excluding diaryl/α,β-unsaturated/α-hetero) is 1. The summed E-state index contributed by atoms with van der Waals surface area (Å²) >= 11 is 1.63. The number of thiophene rings is 1. The molecule has 0 N–H and O–H groups in total. The SMILES string of the molecule is Cc1cc(C(=O)CCN(C)C)cs1. The van der Waals surface area contributed by atoms with Crippen LogP contribution in [0.3, 0.4) is 0 Å². The van der Waals surface area contributed by atoms with Gasteiger partial charge in [-0.3, -0.25) is 4.79 Å². The summed E-state index contributed by atoms with van der Waals surface area (Å²) in [5, 5.41) is 1.94. The zero-order valence-corrected chi connectivity index (χ0v) is 9.15. The van der Waals surface area contributed by atoms with Gasteiger partial charge in [0.1, 0.15) is 0 Å². The number of carbonyl (C=O) groups excluding carboxylic acids is 1. The number of hydrogen-bond donors (Lipinski definition) is 0. The van der Waals surface area contributed by atoms with Crippen LogP contribution in [0.1, 0.15) is 21.7 Å². The van der Waals surface area contributed by atoms with E-state index in [4.69, 9.17) is 0 Å². The second-order valence-electron chi connectivity index (χ2n) is 3.42. The van der Waals surface area contributed by atoms with E-state index in [1.54, 1.807) is 11.3 Å². The monoisotopic (exact) mass is 197 g/mol. The Bertz CT molecular complexity index is 291. The van der Waals surface area contributed by atoms with Crippen LogP contribution >= 0.6 is 11.3 Å². The van der Waals surface area contributed by atoms with Crippen LogP contribution in [-0.4, -0.2) is 31.3 Å². The Morgan fingerprint density at radius 3 is 2.69 bits per heavy atom. The molecule has 0 amide bonds. The fourth-order valence-corrected chi connectivity index (χ4v) is 1.77. The fourth-order valence-electron chi connectivity index (χ4n) is 1.06. The molecule has 2 nitrogen and oxygen atoms in total. The second kappa shape index (κ2) is 4.53. The predicted molar refractivity (Wildman–Crippen MR) is 56.6 cm³/mol. The maximum absolute atomic E-state index is 11.5. The molecule has 1 aromatic rings. The standard InChI is InChI=1S/C10H15NOS/c1-8-6-9(7-13-8)10(12)4-5-11(2)3/h6-7H,4-5H2,1-3H3. The summed E-state index contributed by atoms with van der Waals surface area (Å²) in [5.74, 6) is 0.248. The van der Waals surface area contributed by atoms with Gasteiger partial charge in [0, 0.05) is 28.8 Å². The van der Waals surface area contributed by atoms with Crippen molar-refractivity contribution in [3.8, 4) is 0 Å². The highest BCUT2D eigenvalue weighted by molar-refractivity contribution is 7.10. The molecule has 1 aromatic heterocycles. The van der Waals surface area contributed by atoms with Gasteiger partial charge in [0.15, 0.2) is 5.78 Å². The van der Waals surface area contributed by atoms with Crippen molar-refractivity contribution in [1.29, 1.82) is 0 Å². The number of carbonyl (C=O) groups is 1. The van der Waals surface area contributed by atoms with E-state index in [0.29, 0.717) is 6.42 Å². The minimum atomic E-state index is 0.248. The van der Waals surface area contributed by atoms with E-state index in [-0.39, 0.29) is 5.78 Å². The van der Waals surface area contributed by atoms with E-state index >= 15 is 0 Å². The molecule has 1 heterocycles. The van der Waals surface area contributed by atoms with Crippen molar-refractivity contribution in [2.75, 3.05) is 20.6 Å². The molecule has 0 unspecified atom stereocenters. The van der Waals surface area contributed by atoms with E-state index in [2.05, 4.69) is 0 Å². The molecular weight excluding hydrogens is 182 g/mol. The minimum absolute atomic E-state index is 0.248. The van der Waals surface area contributed by atoms with Gasteiger partial charge in [-0.25, -0.2) is 0 Å². The summed E-state index contributed by atoms with van der Waals surface area (Å²) in [6.45, 7) is 2.85. The Morgan fingerprint density at radius 1 is 1.54 bits per heavy atom. The van der Waals surface area contributed by atoms with Gasteiger partial charge in [-0.1, -0.05) is 0 Å². The number of hydrogen-bond acceptors (Lipinski definition) is 3. The third kappa shape index (κ3) is 3.28.